The third kappa shape index (κ3) is 3.70. The quantitative estimate of drug-likeness (QED) is 0.353. The van der Waals surface area contributed by atoms with Crippen molar-refractivity contribution in [1.29, 1.82) is 5.26 Å². The largest absolute Gasteiger partial charge is 0.507 e. The summed E-state index contributed by atoms with van der Waals surface area (Å²) in [5, 5.41) is 20.5. The number of Topliss-reactive ketones (excluding diaryl/α,β-unsaturated/α-hetero) is 1. The summed E-state index contributed by atoms with van der Waals surface area (Å²) in [4.78, 5) is 27.5. The molecule has 6 nitrogen and oxygen atoms in total. The van der Waals surface area contributed by atoms with Gasteiger partial charge in [-0.25, -0.2) is 0 Å². The SMILES string of the molecule is COc1ccc(C2/C(=C(/O)c3cccc(Cl)c3)C(=O)C(=O)N2c2ccc(C#N)cc2)cc1. The van der Waals surface area contributed by atoms with E-state index in [1.54, 1.807) is 66.7 Å². The topological polar surface area (TPSA) is 90.6 Å². The Balaban J connectivity index is 1.93. The average Bonchev–Trinajstić information content (AvgIpc) is 3.09. The monoisotopic (exact) mass is 444 g/mol. The lowest BCUT2D eigenvalue weighted by atomic mass is 9.95. The van der Waals surface area contributed by atoms with E-state index in [4.69, 9.17) is 21.6 Å². The second kappa shape index (κ2) is 8.58. The molecule has 32 heavy (non-hydrogen) atoms. The Labute approximate surface area is 189 Å². The van der Waals surface area contributed by atoms with Crippen molar-refractivity contribution in [3.8, 4) is 11.8 Å². The van der Waals surface area contributed by atoms with Crippen molar-refractivity contribution in [2.45, 2.75) is 6.04 Å². The molecule has 0 aromatic heterocycles. The van der Waals surface area contributed by atoms with Gasteiger partial charge in [0, 0.05) is 16.3 Å². The molecule has 0 spiro atoms. The van der Waals surface area contributed by atoms with Crippen LogP contribution in [0.1, 0.15) is 22.7 Å². The minimum atomic E-state index is -0.882. The first-order valence-electron chi connectivity index (χ1n) is 9.65. The molecule has 0 bridgehead atoms. The maximum Gasteiger partial charge on any atom is 0.300 e. The fourth-order valence-corrected chi connectivity index (χ4v) is 3.88. The average molecular weight is 445 g/mol. The number of nitrogens with zero attached hydrogens (tertiary/aromatic N) is 2. The molecule has 0 aliphatic carbocycles. The minimum Gasteiger partial charge on any atom is -0.507 e. The zero-order valence-electron chi connectivity index (χ0n) is 16.9. The van der Waals surface area contributed by atoms with Gasteiger partial charge in [0.2, 0.25) is 0 Å². The zero-order chi connectivity index (χ0) is 22.8. The molecule has 1 aliphatic rings. The van der Waals surface area contributed by atoms with Crippen molar-refractivity contribution in [3.05, 3.63) is 100 Å². The molecule has 1 fully saturated rings. The molecule has 1 heterocycles. The van der Waals surface area contributed by atoms with E-state index in [0.717, 1.165) is 0 Å². The van der Waals surface area contributed by atoms with E-state index < -0.39 is 17.7 Å². The van der Waals surface area contributed by atoms with Crippen LogP contribution >= 0.6 is 11.6 Å². The number of ketones is 1. The third-order valence-corrected chi connectivity index (χ3v) is 5.48. The van der Waals surface area contributed by atoms with Crippen molar-refractivity contribution < 1.29 is 19.4 Å². The summed E-state index contributed by atoms with van der Waals surface area (Å²) in [6.07, 6.45) is 0. The van der Waals surface area contributed by atoms with Crippen LogP contribution in [0.25, 0.3) is 5.76 Å². The van der Waals surface area contributed by atoms with E-state index in [2.05, 4.69) is 0 Å². The van der Waals surface area contributed by atoms with Crippen LogP contribution in [0.3, 0.4) is 0 Å². The molecule has 0 saturated carbocycles. The highest BCUT2D eigenvalue weighted by Crippen LogP contribution is 2.42. The number of ether oxygens (including phenoxy) is 1. The highest BCUT2D eigenvalue weighted by atomic mass is 35.5. The number of amides is 1. The lowest BCUT2D eigenvalue weighted by Crippen LogP contribution is -2.29. The second-order valence-corrected chi connectivity index (χ2v) is 7.55. The molecular formula is C25H17ClN2O4. The van der Waals surface area contributed by atoms with E-state index >= 15 is 0 Å². The predicted molar refractivity (Wildman–Crippen MR) is 120 cm³/mol. The summed E-state index contributed by atoms with van der Waals surface area (Å²) in [6.45, 7) is 0. The first-order chi connectivity index (χ1) is 15.4. The van der Waals surface area contributed by atoms with Gasteiger partial charge in [-0.05, 0) is 54.1 Å². The number of halogens is 1. The number of benzene rings is 3. The lowest BCUT2D eigenvalue weighted by molar-refractivity contribution is -0.132. The Morgan fingerprint density at radius 2 is 1.75 bits per heavy atom. The molecule has 3 aromatic rings. The van der Waals surface area contributed by atoms with Crippen molar-refractivity contribution >= 4 is 34.7 Å². The summed E-state index contributed by atoms with van der Waals surface area (Å²) >= 11 is 6.06. The smallest absolute Gasteiger partial charge is 0.300 e. The van der Waals surface area contributed by atoms with Gasteiger partial charge >= 0.3 is 0 Å². The number of aliphatic hydroxyl groups excluding tert-OH is 1. The fraction of sp³-hybridized carbons (Fsp3) is 0.0800. The van der Waals surface area contributed by atoms with Gasteiger partial charge in [-0.15, -0.1) is 0 Å². The van der Waals surface area contributed by atoms with Crippen LogP contribution in [0.15, 0.2) is 78.4 Å². The van der Waals surface area contributed by atoms with Gasteiger partial charge in [0.1, 0.15) is 11.5 Å². The van der Waals surface area contributed by atoms with Crippen molar-refractivity contribution in [2.75, 3.05) is 12.0 Å². The highest BCUT2D eigenvalue weighted by Gasteiger charge is 2.47. The maximum absolute atomic E-state index is 13.1. The van der Waals surface area contributed by atoms with Crippen LogP contribution in [0, 0.1) is 11.3 Å². The molecule has 1 amide bonds. The number of hydrogen-bond acceptors (Lipinski definition) is 5. The highest BCUT2D eigenvalue weighted by molar-refractivity contribution is 6.51. The first-order valence-corrected chi connectivity index (χ1v) is 10.0. The van der Waals surface area contributed by atoms with Crippen molar-refractivity contribution in [2.24, 2.45) is 0 Å². The number of aliphatic hydroxyl groups is 1. The molecule has 1 atom stereocenters. The zero-order valence-corrected chi connectivity index (χ0v) is 17.7. The van der Waals surface area contributed by atoms with Crippen LogP contribution in [0.5, 0.6) is 5.75 Å². The third-order valence-electron chi connectivity index (χ3n) is 5.25. The summed E-state index contributed by atoms with van der Waals surface area (Å²) in [5.41, 5.74) is 1.74. The van der Waals surface area contributed by atoms with Crippen LogP contribution in [-0.4, -0.2) is 23.9 Å². The Hall–Kier alpha value is -4.08. The van der Waals surface area contributed by atoms with Crippen LogP contribution in [0.4, 0.5) is 5.69 Å². The normalized spacial score (nSPS) is 17.3. The lowest BCUT2D eigenvalue weighted by Gasteiger charge is -2.25. The molecular weight excluding hydrogens is 428 g/mol. The molecule has 1 saturated heterocycles. The van der Waals surface area contributed by atoms with Gasteiger partial charge in [-0.2, -0.15) is 5.26 Å². The molecule has 3 aromatic carbocycles. The molecule has 7 heteroatoms. The standard InChI is InChI=1S/C25H17ClN2O4/c1-32-20-11-7-16(8-12-20)22-21(23(29)17-3-2-4-18(26)13-17)24(30)25(31)28(22)19-9-5-15(14-27)6-10-19/h2-13,22,29H,1H3/b23-21-. The summed E-state index contributed by atoms with van der Waals surface area (Å²) in [7, 11) is 1.54. The van der Waals surface area contributed by atoms with Crippen LogP contribution < -0.4 is 9.64 Å². The van der Waals surface area contributed by atoms with E-state index in [0.29, 0.717) is 33.1 Å². The van der Waals surface area contributed by atoms with Gasteiger partial charge in [0.25, 0.3) is 11.7 Å². The first kappa shape index (κ1) is 21.2. The van der Waals surface area contributed by atoms with Gasteiger partial charge in [-0.3, -0.25) is 14.5 Å². The minimum absolute atomic E-state index is 0.0493. The predicted octanol–water partition coefficient (Wildman–Crippen LogP) is 4.85. The fourth-order valence-electron chi connectivity index (χ4n) is 3.69. The number of nitriles is 1. The van der Waals surface area contributed by atoms with E-state index in [1.165, 1.54) is 18.1 Å². The molecule has 1 unspecified atom stereocenters. The summed E-state index contributed by atoms with van der Waals surface area (Å²) in [6, 6.07) is 20.8. The van der Waals surface area contributed by atoms with Gasteiger partial charge in [-0.1, -0.05) is 35.9 Å². The van der Waals surface area contributed by atoms with Crippen LogP contribution in [0.2, 0.25) is 5.02 Å². The molecule has 1 N–H and O–H groups in total. The number of hydrogen-bond donors (Lipinski definition) is 1. The van der Waals surface area contributed by atoms with Gasteiger partial charge in [0.05, 0.1) is 30.4 Å². The molecule has 158 valence electrons. The Morgan fingerprint density at radius 1 is 1.06 bits per heavy atom. The number of rotatable bonds is 4. The Bertz CT molecular complexity index is 1270. The Morgan fingerprint density at radius 3 is 2.34 bits per heavy atom. The van der Waals surface area contributed by atoms with Crippen molar-refractivity contribution in [1.82, 2.24) is 0 Å². The van der Waals surface area contributed by atoms with E-state index in [9.17, 15) is 14.7 Å². The van der Waals surface area contributed by atoms with Crippen LogP contribution in [-0.2, 0) is 9.59 Å². The number of carbonyl (C=O) groups excluding carboxylic acids is 2. The molecule has 0 radical (unpaired) electrons. The summed E-state index contributed by atoms with van der Waals surface area (Å²) in [5.74, 6) is -1.30. The van der Waals surface area contributed by atoms with E-state index in [-0.39, 0.29) is 11.3 Å². The number of carbonyl (C=O) groups is 2. The van der Waals surface area contributed by atoms with Gasteiger partial charge in [0.15, 0.2) is 0 Å². The van der Waals surface area contributed by atoms with Gasteiger partial charge < -0.3 is 9.84 Å². The summed E-state index contributed by atoms with van der Waals surface area (Å²) < 4.78 is 5.21. The molecule has 1 aliphatic heterocycles. The maximum atomic E-state index is 13.1. The van der Waals surface area contributed by atoms with E-state index in [1.807, 2.05) is 6.07 Å². The Kier molecular flexibility index (Phi) is 5.67. The second-order valence-electron chi connectivity index (χ2n) is 7.11. The number of anilines is 1. The molecule has 4 rings (SSSR count). The number of methoxy groups -OCH3 is 1. The van der Waals surface area contributed by atoms with Crippen molar-refractivity contribution in [3.63, 3.8) is 0 Å².